The van der Waals surface area contributed by atoms with E-state index in [4.69, 9.17) is 0 Å². The van der Waals surface area contributed by atoms with E-state index in [2.05, 4.69) is 32.0 Å². The van der Waals surface area contributed by atoms with Gasteiger partial charge in [-0.15, -0.1) is 0 Å². The maximum Gasteiger partial charge on any atom is 0.00895 e. The molecule has 0 heterocycles. The van der Waals surface area contributed by atoms with Gasteiger partial charge in [0.05, 0.1) is 0 Å². The van der Waals surface area contributed by atoms with E-state index in [9.17, 15) is 0 Å². The van der Waals surface area contributed by atoms with Crippen LogP contribution in [0.2, 0.25) is 0 Å². The third kappa shape index (κ3) is 3.85. The molecule has 2 rings (SSSR count). The first kappa shape index (κ1) is 14.1. The second kappa shape index (κ2) is 6.75. The molecular weight excluding hydrogens is 218 g/mol. The van der Waals surface area contributed by atoms with Crippen molar-refractivity contribution >= 4 is 0 Å². The second-order valence-electron chi connectivity index (χ2n) is 6.78. The number of hydrogen-bond acceptors (Lipinski definition) is 1. The molecule has 2 saturated carbocycles. The van der Waals surface area contributed by atoms with Crippen molar-refractivity contribution in [3.63, 3.8) is 0 Å². The molecule has 2 fully saturated rings. The Morgan fingerprint density at radius 2 is 1.50 bits per heavy atom. The highest BCUT2D eigenvalue weighted by Gasteiger charge is 2.22. The van der Waals surface area contributed by atoms with Crippen LogP contribution in [0, 0.1) is 11.8 Å². The Balaban J connectivity index is 1.82. The van der Waals surface area contributed by atoms with Crippen molar-refractivity contribution in [2.45, 2.75) is 70.8 Å². The lowest BCUT2D eigenvalue weighted by molar-refractivity contribution is 0.208. The van der Waals surface area contributed by atoms with Gasteiger partial charge in [0.15, 0.2) is 0 Å². The van der Waals surface area contributed by atoms with Crippen LogP contribution in [0.25, 0.3) is 0 Å². The van der Waals surface area contributed by atoms with Crippen molar-refractivity contribution in [2.24, 2.45) is 11.8 Å². The second-order valence-corrected chi connectivity index (χ2v) is 6.78. The molecule has 0 bridgehead atoms. The molecule has 0 aliphatic heterocycles. The summed E-state index contributed by atoms with van der Waals surface area (Å²) < 4.78 is 0. The Hall–Kier alpha value is -0.300. The molecule has 2 aliphatic carbocycles. The molecule has 0 aromatic heterocycles. The largest absolute Gasteiger partial charge is 0.306 e. The minimum atomic E-state index is 0.838. The average Bonchev–Trinajstić information content (AvgIpc) is 2.40. The molecule has 0 atom stereocenters. The molecule has 0 spiro atoms. The van der Waals surface area contributed by atoms with Crippen molar-refractivity contribution in [3.05, 3.63) is 11.6 Å². The van der Waals surface area contributed by atoms with Crippen molar-refractivity contribution < 1.29 is 0 Å². The van der Waals surface area contributed by atoms with Crippen LogP contribution in [0.5, 0.6) is 0 Å². The predicted molar refractivity (Wildman–Crippen MR) is 79.8 cm³/mol. The topological polar surface area (TPSA) is 3.24 Å². The van der Waals surface area contributed by atoms with E-state index in [0.29, 0.717) is 0 Å². The van der Waals surface area contributed by atoms with E-state index < -0.39 is 0 Å². The summed E-state index contributed by atoms with van der Waals surface area (Å²) in [5.41, 5.74) is 1.71. The zero-order valence-electron chi connectivity index (χ0n) is 12.6. The van der Waals surface area contributed by atoms with Gasteiger partial charge in [-0.3, -0.25) is 0 Å². The third-order valence-corrected chi connectivity index (χ3v) is 5.22. The maximum atomic E-state index is 2.64. The normalized spacial score (nSPS) is 31.9. The fourth-order valence-electron chi connectivity index (χ4n) is 3.85. The smallest absolute Gasteiger partial charge is 0.00895 e. The fourth-order valence-corrected chi connectivity index (χ4v) is 3.85. The van der Waals surface area contributed by atoms with Gasteiger partial charge in [-0.2, -0.15) is 0 Å². The van der Waals surface area contributed by atoms with Gasteiger partial charge >= 0.3 is 0 Å². The molecule has 0 saturated heterocycles. The van der Waals surface area contributed by atoms with Crippen LogP contribution in [0.15, 0.2) is 11.6 Å². The first-order chi connectivity index (χ1) is 8.66. The quantitative estimate of drug-likeness (QED) is 0.659. The molecular formula is C17H31N. The van der Waals surface area contributed by atoms with E-state index in [1.165, 1.54) is 57.8 Å². The molecule has 0 radical (unpaired) electrons. The predicted octanol–water partition coefficient (Wildman–Crippen LogP) is 4.63. The summed E-state index contributed by atoms with van der Waals surface area (Å²) in [5, 5.41) is 0. The zero-order chi connectivity index (χ0) is 13.0. The zero-order valence-corrected chi connectivity index (χ0v) is 12.6. The van der Waals surface area contributed by atoms with Gasteiger partial charge in [0.2, 0.25) is 0 Å². The van der Waals surface area contributed by atoms with Crippen LogP contribution >= 0.6 is 0 Å². The molecule has 0 aromatic carbocycles. The summed E-state index contributed by atoms with van der Waals surface area (Å²) in [6.07, 6.45) is 15.6. The highest BCUT2D eigenvalue weighted by atomic mass is 15.1. The number of rotatable bonds is 3. The van der Waals surface area contributed by atoms with Crippen LogP contribution in [0.3, 0.4) is 0 Å². The summed E-state index contributed by atoms with van der Waals surface area (Å²) >= 11 is 0. The van der Waals surface area contributed by atoms with Crippen LogP contribution in [-0.4, -0.2) is 25.0 Å². The molecule has 1 nitrogen and oxygen atoms in total. The van der Waals surface area contributed by atoms with E-state index >= 15 is 0 Å². The molecule has 18 heavy (non-hydrogen) atoms. The summed E-state index contributed by atoms with van der Waals surface area (Å²) in [7, 11) is 4.46. The van der Waals surface area contributed by atoms with Gasteiger partial charge in [-0.1, -0.05) is 30.9 Å². The Bertz CT molecular complexity index is 265. The Labute approximate surface area is 114 Å². The molecule has 0 amide bonds. The summed E-state index contributed by atoms with van der Waals surface area (Å²) in [4.78, 5) is 2.41. The minimum Gasteiger partial charge on any atom is -0.306 e. The van der Waals surface area contributed by atoms with Gasteiger partial charge in [-0.05, 0) is 71.4 Å². The number of hydrogen-bond donors (Lipinski definition) is 0. The lowest BCUT2D eigenvalue weighted by Gasteiger charge is -2.32. The molecule has 0 N–H and O–H groups in total. The summed E-state index contributed by atoms with van der Waals surface area (Å²) in [5.74, 6) is 1.80. The summed E-state index contributed by atoms with van der Waals surface area (Å²) in [6.45, 7) is 2.40. The molecule has 104 valence electrons. The van der Waals surface area contributed by atoms with Gasteiger partial charge in [-0.25, -0.2) is 0 Å². The van der Waals surface area contributed by atoms with Crippen molar-refractivity contribution in [2.75, 3.05) is 14.1 Å². The standard InChI is InChI=1S/C17H31N/c1-14(16-7-5-4-6-8-16)13-15-9-11-17(12-10-15)18(2)3/h13,15-17H,4-12H2,1-3H3. The Kier molecular flexibility index (Phi) is 5.29. The van der Waals surface area contributed by atoms with E-state index in [1.807, 2.05) is 0 Å². The number of allylic oxidation sites excluding steroid dienone is 2. The van der Waals surface area contributed by atoms with Gasteiger partial charge in [0.1, 0.15) is 0 Å². The van der Waals surface area contributed by atoms with Crippen LogP contribution in [0.1, 0.15) is 64.7 Å². The first-order valence-electron chi connectivity index (χ1n) is 8.01. The minimum absolute atomic E-state index is 0.838. The van der Waals surface area contributed by atoms with Gasteiger partial charge in [0, 0.05) is 6.04 Å². The Morgan fingerprint density at radius 1 is 0.889 bits per heavy atom. The van der Waals surface area contributed by atoms with Crippen molar-refractivity contribution in [1.82, 2.24) is 4.90 Å². The lowest BCUT2D eigenvalue weighted by atomic mass is 9.80. The highest BCUT2D eigenvalue weighted by molar-refractivity contribution is 5.07. The van der Waals surface area contributed by atoms with Crippen molar-refractivity contribution in [3.8, 4) is 0 Å². The van der Waals surface area contributed by atoms with Crippen LogP contribution in [0.4, 0.5) is 0 Å². The monoisotopic (exact) mass is 249 g/mol. The van der Waals surface area contributed by atoms with Gasteiger partial charge in [0.25, 0.3) is 0 Å². The lowest BCUT2D eigenvalue weighted by Crippen LogP contribution is -2.31. The van der Waals surface area contributed by atoms with Gasteiger partial charge < -0.3 is 4.90 Å². The number of nitrogens with zero attached hydrogens (tertiary/aromatic N) is 1. The first-order valence-corrected chi connectivity index (χ1v) is 8.01. The molecule has 2 aliphatic rings. The van der Waals surface area contributed by atoms with E-state index in [1.54, 1.807) is 5.57 Å². The van der Waals surface area contributed by atoms with E-state index in [0.717, 1.165) is 17.9 Å². The SMILES string of the molecule is CC(=CC1CCC(N(C)C)CC1)C1CCCCC1. The van der Waals surface area contributed by atoms with Crippen LogP contribution in [-0.2, 0) is 0 Å². The highest BCUT2D eigenvalue weighted by Crippen LogP contribution is 2.33. The fraction of sp³-hybridized carbons (Fsp3) is 0.882. The van der Waals surface area contributed by atoms with Crippen LogP contribution < -0.4 is 0 Å². The Morgan fingerprint density at radius 3 is 2.06 bits per heavy atom. The third-order valence-electron chi connectivity index (χ3n) is 5.22. The molecule has 0 aromatic rings. The maximum absolute atomic E-state index is 2.64. The summed E-state index contributed by atoms with van der Waals surface area (Å²) in [6, 6.07) is 0.838. The van der Waals surface area contributed by atoms with Crippen molar-refractivity contribution in [1.29, 1.82) is 0 Å². The molecule has 0 unspecified atom stereocenters. The van der Waals surface area contributed by atoms with E-state index in [-0.39, 0.29) is 0 Å². The molecule has 1 heteroatoms. The average molecular weight is 249 g/mol.